The van der Waals surface area contributed by atoms with Gasteiger partial charge in [-0.1, -0.05) is 53.5 Å². The van der Waals surface area contributed by atoms with E-state index in [1.54, 1.807) is 36.4 Å². The summed E-state index contributed by atoms with van der Waals surface area (Å²) in [6.07, 6.45) is 0. The normalized spacial score (nSPS) is 10.4. The fourth-order valence-electron chi connectivity index (χ4n) is 2.65. The van der Waals surface area contributed by atoms with Gasteiger partial charge in [0.05, 0.1) is 22.1 Å². The standard InChI is InChI=1S/C20H14Cl2N2O3/c21-15-9-10-18(19(22)12-15)20(25)23(16-6-2-1-3-7-16)13-14-5-4-8-17(11-14)24(26)27/h1-12H,13H2. The Morgan fingerprint density at radius 1 is 0.963 bits per heavy atom. The Balaban J connectivity index is 2.00. The summed E-state index contributed by atoms with van der Waals surface area (Å²) in [5.41, 5.74) is 1.55. The number of non-ortho nitro benzene ring substituents is 1. The van der Waals surface area contributed by atoms with Gasteiger partial charge in [0.15, 0.2) is 0 Å². The first-order valence-corrected chi connectivity index (χ1v) is 8.76. The van der Waals surface area contributed by atoms with E-state index >= 15 is 0 Å². The number of rotatable bonds is 5. The fraction of sp³-hybridized carbons (Fsp3) is 0.0500. The minimum absolute atomic E-state index is 0.0301. The smallest absolute Gasteiger partial charge is 0.269 e. The number of halogens is 2. The number of para-hydroxylation sites is 1. The van der Waals surface area contributed by atoms with Crippen molar-refractivity contribution in [3.05, 3.63) is 104 Å². The summed E-state index contributed by atoms with van der Waals surface area (Å²) in [6.45, 7) is 0.156. The number of nitro groups is 1. The van der Waals surface area contributed by atoms with Crippen molar-refractivity contribution in [3.63, 3.8) is 0 Å². The van der Waals surface area contributed by atoms with Crippen LogP contribution in [0.1, 0.15) is 15.9 Å². The lowest BCUT2D eigenvalue weighted by Crippen LogP contribution is -2.30. The van der Waals surface area contributed by atoms with E-state index < -0.39 is 4.92 Å². The molecule has 3 aromatic rings. The molecule has 27 heavy (non-hydrogen) atoms. The van der Waals surface area contributed by atoms with Gasteiger partial charge in [0, 0.05) is 22.8 Å². The van der Waals surface area contributed by atoms with Crippen molar-refractivity contribution < 1.29 is 9.72 Å². The number of nitrogens with zero attached hydrogens (tertiary/aromatic N) is 2. The van der Waals surface area contributed by atoms with Gasteiger partial charge in [0.2, 0.25) is 0 Å². The summed E-state index contributed by atoms with van der Waals surface area (Å²) in [5.74, 6) is -0.325. The minimum atomic E-state index is -0.464. The predicted molar refractivity (Wildman–Crippen MR) is 107 cm³/mol. The first-order chi connectivity index (χ1) is 13.0. The lowest BCUT2D eigenvalue weighted by atomic mass is 10.1. The third-order valence-electron chi connectivity index (χ3n) is 3.94. The number of hydrogen-bond acceptors (Lipinski definition) is 3. The molecule has 0 saturated carbocycles. The first kappa shape index (κ1) is 18.9. The molecule has 7 heteroatoms. The van der Waals surface area contributed by atoms with Gasteiger partial charge in [0.1, 0.15) is 0 Å². The molecule has 1 amide bonds. The first-order valence-electron chi connectivity index (χ1n) is 8.01. The maximum Gasteiger partial charge on any atom is 0.269 e. The van der Waals surface area contributed by atoms with Crippen molar-refractivity contribution in [1.29, 1.82) is 0 Å². The van der Waals surface area contributed by atoms with Crippen LogP contribution in [-0.2, 0) is 6.54 Å². The largest absolute Gasteiger partial charge is 0.304 e. The molecular weight excluding hydrogens is 387 g/mol. The van der Waals surface area contributed by atoms with Crippen molar-refractivity contribution in [1.82, 2.24) is 0 Å². The zero-order chi connectivity index (χ0) is 19.4. The Kier molecular flexibility index (Phi) is 5.74. The summed E-state index contributed by atoms with van der Waals surface area (Å²) in [5, 5.41) is 11.7. The SMILES string of the molecule is O=C(c1ccc(Cl)cc1Cl)N(Cc1cccc([N+](=O)[O-])c1)c1ccccc1. The maximum absolute atomic E-state index is 13.2. The Hall–Kier alpha value is -2.89. The van der Waals surface area contributed by atoms with Crippen LogP contribution in [0.2, 0.25) is 10.0 Å². The van der Waals surface area contributed by atoms with Gasteiger partial charge in [-0.25, -0.2) is 0 Å². The van der Waals surface area contributed by atoms with Gasteiger partial charge in [0.25, 0.3) is 11.6 Å². The molecule has 0 bridgehead atoms. The lowest BCUT2D eigenvalue weighted by molar-refractivity contribution is -0.384. The second-order valence-corrected chi connectivity index (χ2v) is 6.62. The van der Waals surface area contributed by atoms with Crippen LogP contribution in [0, 0.1) is 10.1 Å². The van der Waals surface area contributed by atoms with E-state index in [0.29, 0.717) is 21.8 Å². The van der Waals surface area contributed by atoms with Crippen LogP contribution < -0.4 is 4.90 Å². The van der Waals surface area contributed by atoms with Crippen LogP contribution in [0.3, 0.4) is 0 Å². The Labute approximate surface area is 165 Å². The number of amides is 1. The molecule has 0 fully saturated rings. The van der Waals surface area contributed by atoms with Crippen LogP contribution in [0.25, 0.3) is 0 Å². The van der Waals surface area contributed by atoms with Crippen molar-refractivity contribution in [3.8, 4) is 0 Å². The van der Waals surface area contributed by atoms with Crippen LogP contribution in [0.4, 0.5) is 11.4 Å². The van der Waals surface area contributed by atoms with Gasteiger partial charge >= 0.3 is 0 Å². The summed E-state index contributed by atoms with van der Waals surface area (Å²) in [6, 6.07) is 19.9. The zero-order valence-corrected chi connectivity index (χ0v) is 15.5. The second kappa shape index (κ2) is 8.20. The van der Waals surface area contributed by atoms with Crippen molar-refractivity contribution in [2.24, 2.45) is 0 Å². The lowest BCUT2D eigenvalue weighted by Gasteiger charge is -2.23. The number of carbonyl (C=O) groups is 1. The van der Waals surface area contributed by atoms with E-state index in [-0.39, 0.29) is 23.2 Å². The Bertz CT molecular complexity index is 994. The van der Waals surface area contributed by atoms with E-state index in [9.17, 15) is 14.9 Å². The van der Waals surface area contributed by atoms with Crippen LogP contribution in [-0.4, -0.2) is 10.8 Å². The molecule has 0 spiro atoms. The third-order valence-corrected chi connectivity index (χ3v) is 4.48. The van der Waals surface area contributed by atoms with E-state index in [0.717, 1.165) is 0 Å². The highest BCUT2D eigenvalue weighted by Crippen LogP contribution is 2.26. The zero-order valence-electron chi connectivity index (χ0n) is 14.0. The third kappa shape index (κ3) is 4.45. The average molecular weight is 401 g/mol. The fourth-order valence-corrected chi connectivity index (χ4v) is 3.14. The molecule has 0 radical (unpaired) electrons. The molecule has 0 aliphatic carbocycles. The molecule has 3 rings (SSSR count). The molecule has 0 saturated heterocycles. The maximum atomic E-state index is 13.2. The van der Waals surface area contributed by atoms with Crippen LogP contribution in [0.5, 0.6) is 0 Å². The number of benzene rings is 3. The topological polar surface area (TPSA) is 63.5 Å². The molecule has 5 nitrogen and oxygen atoms in total. The minimum Gasteiger partial charge on any atom is -0.304 e. The molecule has 0 unspecified atom stereocenters. The van der Waals surface area contributed by atoms with E-state index in [2.05, 4.69) is 0 Å². The molecule has 0 aliphatic rings. The number of nitro benzene ring substituents is 1. The van der Waals surface area contributed by atoms with Gasteiger partial charge in [-0.2, -0.15) is 0 Å². The van der Waals surface area contributed by atoms with Crippen LogP contribution in [0.15, 0.2) is 72.8 Å². The second-order valence-electron chi connectivity index (χ2n) is 5.78. The molecule has 0 heterocycles. The molecule has 3 aromatic carbocycles. The predicted octanol–water partition coefficient (Wildman–Crippen LogP) is 5.75. The van der Waals surface area contributed by atoms with Crippen molar-refractivity contribution >= 4 is 40.5 Å². The Morgan fingerprint density at radius 3 is 2.37 bits per heavy atom. The molecule has 0 N–H and O–H groups in total. The van der Waals surface area contributed by atoms with E-state index in [1.807, 2.05) is 18.2 Å². The van der Waals surface area contributed by atoms with Gasteiger partial charge in [-0.15, -0.1) is 0 Å². The van der Waals surface area contributed by atoms with Gasteiger partial charge in [-0.3, -0.25) is 14.9 Å². The van der Waals surface area contributed by atoms with Crippen LogP contribution >= 0.6 is 23.2 Å². The van der Waals surface area contributed by atoms with Gasteiger partial charge in [-0.05, 0) is 35.9 Å². The van der Waals surface area contributed by atoms with Gasteiger partial charge < -0.3 is 4.90 Å². The van der Waals surface area contributed by atoms with Crippen molar-refractivity contribution in [2.45, 2.75) is 6.54 Å². The quantitative estimate of drug-likeness (QED) is 0.404. The summed E-state index contributed by atoms with van der Waals surface area (Å²) in [7, 11) is 0. The molecule has 0 atom stereocenters. The van der Waals surface area contributed by atoms with E-state index in [4.69, 9.17) is 23.2 Å². The summed E-state index contributed by atoms with van der Waals surface area (Å²) >= 11 is 12.1. The number of hydrogen-bond donors (Lipinski definition) is 0. The van der Waals surface area contributed by atoms with E-state index in [1.165, 1.54) is 23.1 Å². The number of carbonyl (C=O) groups excluding carboxylic acids is 1. The highest BCUT2D eigenvalue weighted by Gasteiger charge is 2.21. The summed E-state index contributed by atoms with van der Waals surface area (Å²) in [4.78, 5) is 25.3. The highest BCUT2D eigenvalue weighted by molar-refractivity contribution is 6.37. The monoisotopic (exact) mass is 400 g/mol. The molecule has 136 valence electrons. The highest BCUT2D eigenvalue weighted by atomic mass is 35.5. The van der Waals surface area contributed by atoms with Crippen molar-refractivity contribution in [2.75, 3.05) is 4.90 Å². The molecular formula is C20H14Cl2N2O3. The Morgan fingerprint density at radius 2 is 1.70 bits per heavy atom. The summed E-state index contributed by atoms with van der Waals surface area (Å²) < 4.78 is 0. The molecule has 0 aromatic heterocycles. The molecule has 0 aliphatic heterocycles. The number of anilines is 1. The average Bonchev–Trinajstić information content (AvgIpc) is 2.66.